The molecular weight excluding hydrogens is 529 g/mol. The van der Waals surface area contributed by atoms with Crippen molar-refractivity contribution >= 4 is 41.4 Å². The van der Waals surface area contributed by atoms with Gasteiger partial charge in [0.1, 0.15) is 0 Å². The van der Waals surface area contributed by atoms with Crippen molar-refractivity contribution in [3.63, 3.8) is 0 Å². The van der Waals surface area contributed by atoms with Crippen LogP contribution >= 0.6 is 0 Å². The lowest BCUT2D eigenvalue weighted by molar-refractivity contribution is 0.00578. The van der Waals surface area contributed by atoms with Crippen molar-refractivity contribution in [1.29, 1.82) is 5.26 Å². The van der Waals surface area contributed by atoms with Gasteiger partial charge >= 0.3 is 7.12 Å². The Kier molecular flexibility index (Phi) is 7.24. The van der Waals surface area contributed by atoms with Crippen molar-refractivity contribution in [1.82, 2.24) is 0 Å². The third-order valence-electron chi connectivity index (χ3n) is 8.86. The number of benzene rings is 5. The average Bonchev–Trinajstić information content (AvgIpc) is 3.25. The first-order chi connectivity index (χ1) is 20.2. The van der Waals surface area contributed by atoms with Gasteiger partial charge in [-0.15, -0.1) is 0 Å². The van der Waals surface area contributed by atoms with Gasteiger partial charge in [0.2, 0.25) is 0 Å². The molecule has 0 bridgehead atoms. The molecule has 1 aliphatic rings. The van der Waals surface area contributed by atoms with Gasteiger partial charge in [-0.05, 0) is 77.2 Å². The van der Waals surface area contributed by atoms with Crippen LogP contribution in [0.5, 0.6) is 0 Å². The molecule has 0 atom stereocenters. The molecule has 1 aliphatic heterocycles. The lowest BCUT2D eigenvalue weighted by Gasteiger charge is -2.34. The van der Waals surface area contributed by atoms with Crippen LogP contribution in [-0.4, -0.2) is 26.4 Å². The summed E-state index contributed by atoms with van der Waals surface area (Å²) < 4.78 is 12.7. The van der Waals surface area contributed by atoms with Crippen LogP contribution in [-0.2, 0) is 9.31 Å². The Balaban J connectivity index is 1.56. The topological polar surface area (TPSA) is 42.2 Å². The number of nitrogens with zero attached hydrogens (tertiary/aromatic N) is 1. The summed E-state index contributed by atoms with van der Waals surface area (Å²) in [4.78, 5) is 0. The summed E-state index contributed by atoms with van der Waals surface area (Å²) in [6.07, 6.45) is 0. The highest BCUT2D eigenvalue weighted by atomic mass is 28.3. The van der Waals surface area contributed by atoms with Crippen LogP contribution in [0, 0.1) is 11.3 Å². The van der Waals surface area contributed by atoms with Crippen molar-refractivity contribution in [3.8, 4) is 17.2 Å². The van der Waals surface area contributed by atoms with Crippen molar-refractivity contribution < 1.29 is 9.31 Å². The van der Waals surface area contributed by atoms with Gasteiger partial charge in [-0.3, -0.25) is 0 Å². The molecule has 0 radical (unpaired) electrons. The van der Waals surface area contributed by atoms with Crippen LogP contribution in [0.3, 0.4) is 0 Å². The minimum Gasteiger partial charge on any atom is -0.399 e. The summed E-state index contributed by atoms with van der Waals surface area (Å²) in [5.74, 6) is 0. The first kappa shape index (κ1) is 27.9. The van der Waals surface area contributed by atoms with Crippen LogP contribution in [0.15, 0.2) is 133 Å². The number of hydrogen-bond donors (Lipinski definition) is 0. The zero-order valence-corrected chi connectivity index (χ0v) is 25.5. The molecule has 206 valence electrons. The first-order valence-corrected chi connectivity index (χ1v) is 16.4. The Morgan fingerprint density at radius 3 is 1.50 bits per heavy atom. The summed E-state index contributed by atoms with van der Waals surface area (Å²) in [5.41, 5.74) is 2.53. The van der Waals surface area contributed by atoms with Gasteiger partial charge in [0.25, 0.3) is 0 Å². The number of nitriles is 1. The summed E-state index contributed by atoms with van der Waals surface area (Å²) in [7, 11) is -3.22. The zero-order valence-electron chi connectivity index (χ0n) is 24.5. The van der Waals surface area contributed by atoms with E-state index in [9.17, 15) is 5.26 Å². The molecule has 0 aromatic heterocycles. The van der Waals surface area contributed by atoms with E-state index in [-0.39, 0.29) is 0 Å². The number of hydrogen-bond acceptors (Lipinski definition) is 3. The van der Waals surface area contributed by atoms with E-state index in [0.717, 1.165) is 16.6 Å². The smallest absolute Gasteiger partial charge is 0.399 e. The maximum absolute atomic E-state index is 9.99. The molecule has 1 fully saturated rings. The van der Waals surface area contributed by atoms with E-state index < -0.39 is 26.4 Å². The Hall–Kier alpha value is -4.21. The van der Waals surface area contributed by atoms with Crippen molar-refractivity contribution in [3.05, 3.63) is 139 Å². The molecule has 0 unspecified atom stereocenters. The van der Waals surface area contributed by atoms with Gasteiger partial charge in [-0.2, -0.15) is 5.26 Å². The van der Waals surface area contributed by atoms with Crippen LogP contribution in [0.2, 0.25) is 0 Å². The van der Waals surface area contributed by atoms with Crippen molar-refractivity contribution in [2.75, 3.05) is 0 Å². The van der Waals surface area contributed by atoms with E-state index in [1.165, 1.54) is 20.7 Å². The molecule has 0 N–H and O–H groups in total. The Morgan fingerprint density at radius 1 is 0.548 bits per heavy atom. The number of rotatable bonds is 6. The molecule has 6 rings (SSSR count). The Bertz CT molecular complexity index is 1640. The average molecular weight is 564 g/mol. The monoisotopic (exact) mass is 563 g/mol. The van der Waals surface area contributed by atoms with E-state index in [4.69, 9.17) is 9.31 Å². The van der Waals surface area contributed by atoms with Gasteiger partial charge in [-0.1, -0.05) is 121 Å². The van der Waals surface area contributed by atoms with Crippen LogP contribution in [0.1, 0.15) is 33.3 Å². The van der Waals surface area contributed by atoms with Gasteiger partial charge in [0, 0.05) is 0 Å². The fourth-order valence-electron chi connectivity index (χ4n) is 5.99. The minimum atomic E-state index is -2.68. The van der Waals surface area contributed by atoms with Crippen LogP contribution in [0.25, 0.3) is 11.1 Å². The van der Waals surface area contributed by atoms with Crippen LogP contribution < -0.4 is 26.2 Å². The maximum atomic E-state index is 9.99. The van der Waals surface area contributed by atoms with E-state index in [1.54, 1.807) is 0 Å². The van der Waals surface area contributed by atoms with Crippen LogP contribution in [0.4, 0.5) is 0 Å². The minimum absolute atomic E-state index is 0.466. The summed E-state index contributed by atoms with van der Waals surface area (Å²) in [6, 6.07) is 49.9. The molecule has 5 heteroatoms. The lowest BCUT2D eigenvalue weighted by Crippen LogP contribution is -2.74. The highest BCUT2D eigenvalue weighted by molar-refractivity contribution is 7.19. The van der Waals surface area contributed by atoms with Gasteiger partial charge < -0.3 is 9.31 Å². The lowest BCUT2D eigenvalue weighted by atomic mass is 9.77. The van der Waals surface area contributed by atoms with Crippen molar-refractivity contribution in [2.45, 2.75) is 38.9 Å². The molecule has 0 amide bonds. The Morgan fingerprint density at radius 2 is 1.02 bits per heavy atom. The molecule has 42 heavy (non-hydrogen) atoms. The van der Waals surface area contributed by atoms with E-state index >= 15 is 0 Å². The molecular formula is C37H34BNO2Si. The predicted molar refractivity (Wildman–Crippen MR) is 176 cm³/mol. The second-order valence-electron chi connectivity index (χ2n) is 12.0. The molecule has 0 spiro atoms. The van der Waals surface area contributed by atoms with Gasteiger partial charge in [-0.25, -0.2) is 0 Å². The SMILES string of the molecule is CC1(C)OB(c2cc(C#N)cc(-c3cccc([Si](c4ccccc4)(c4ccccc4)c4ccccc4)c3)c2)OC1(C)C. The standard InChI is InChI=1S/C37H34BNO2Si/c1-36(2)37(3,4)41-38(40-36)31-24-28(27-39)23-30(25-31)29-15-14-22-35(26-29)42(32-16-8-5-9-17-32,33-18-10-6-11-19-33)34-20-12-7-13-21-34/h5-26H,1-4H3. The maximum Gasteiger partial charge on any atom is 0.494 e. The molecule has 5 aromatic carbocycles. The summed E-state index contributed by atoms with van der Waals surface area (Å²) in [6.45, 7) is 8.19. The third-order valence-corrected chi connectivity index (χ3v) is 13.6. The van der Waals surface area contributed by atoms with E-state index in [2.05, 4.69) is 127 Å². The fourth-order valence-corrected chi connectivity index (χ4v) is 10.8. The molecule has 3 nitrogen and oxygen atoms in total. The summed E-state index contributed by atoms with van der Waals surface area (Å²) >= 11 is 0. The van der Waals surface area contributed by atoms with Crippen molar-refractivity contribution in [2.24, 2.45) is 0 Å². The normalized spacial score (nSPS) is 15.7. The molecule has 0 saturated carbocycles. The second kappa shape index (κ2) is 10.9. The molecule has 1 saturated heterocycles. The van der Waals surface area contributed by atoms with E-state index in [0.29, 0.717) is 5.56 Å². The van der Waals surface area contributed by atoms with Gasteiger partial charge in [0.15, 0.2) is 8.07 Å². The highest BCUT2D eigenvalue weighted by Crippen LogP contribution is 2.36. The zero-order chi connectivity index (χ0) is 29.4. The second-order valence-corrected chi connectivity index (χ2v) is 15.8. The first-order valence-electron chi connectivity index (χ1n) is 14.4. The highest BCUT2D eigenvalue weighted by Gasteiger charge is 2.52. The molecule has 5 aromatic rings. The molecule has 1 heterocycles. The third kappa shape index (κ3) is 4.82. The summed E-state index contributed by atoms with van der Waals surface area (Å²) in [5, 5.41) is 15.2. The van der Waals surface area contributed by atoms with Gasteiger partial charge in [0.05, 0.1) is 22.8 Å². The molecule has 0 aliphatic carbocycles. The quantitative estimate of drug-likeness (QED) is 0.218. The fraction of sp³-hybridized carbons (Fsp3) is 0.162. The largest absolute Gasteiger partial charge is 0.494 e. The predicted octanol–water partition coefficient (Wildman–Crippen LogP) is 4.90. The Labute approximate surface area is 250 Å². The van der Waals surface area contributed by atoms with E-state index in [1.807, 2.05) is 39.8 Å².